The van der Waals surface area contributed by atoms with Gasteiger partial charge in [-0.15, -0.1) is 0 Å². The van der Waals surface area contributed by atoms with Crippen molar-refractivity contribution in [1.82, 2.24) is 5.32 Å². The van der Waals surface area contributed by atoms with E-state index in [-0.39, 0.29) is 0 Å². The Labute approximate surface area is 101 Å². The van der Waals surface area contributed by atoms with Crippen LogP contribution in [-0.4, -0.2) is 12.6 Å². The maximum absolute atomic E-state index is 3.79. The summed E-state index contributed by atoms with van der Waals surface area (Å²) in [6, 6.07) is 0.887. The van der Waals surface area contributed by atoms with Crippen molar-refractivity contribution in [3.8, 4) is 0 Å². The van der Waals surface area contributed by atoms with Crippen LogP contribution in [0.5, 0.6) is 0 Å². The molecule has 0 heterocycles. The van der Waals surface area contributed by atoms with Gasteiger partial charge in [-0.25, -0.2) is 0 Å². The normalized spacial score (nSPS) is 24.9. The van der Waals surface area contributed by atoms with E-state index >= 15 is 0 Å². The lowest BCUT2D eigenvalue weighted by Gasteiger charge is -2.38. The topological polar surface area (TPSA) is 12.0 Å². The highest BCUT2D eigenvalue weighted by atomic mass is 15.0. The summed E-state index contributed by atoms with van der Waals surface area (Å²) in [7, 11) is 0. The zero-order chi connectivity index (χ0) is 11.4. The first-order valence-corrected chi connectivity index (χ1v) is 7.44. The first-order valence-electron chi connectivity index (χ1n) is 7.44. The van der Waals surface area contributed by atoms with Crippen molar-refractivity contribution in [2.24, 2.45) is 11.3 Å². The summed E-state index contributed by atoms with van der Waals surface area (Å²) in [6.07, 6.45) is 13.2. The Morgan fingerprint density at radius 3 is 2.38 bits per heavy atom. The fourth-order valence-electron chi connectivity index (χ4n) is 3.06. The van der Waals surface area contributed by atoms with Crippen molar-refractivity contribution in [1.29, 1.82) is 0 Å². The van der Waals surface area contributed by atoms with E-state index in [4.69, 9.17) is 0 Å². The molecule has 0 aromatic carbocycles. The first-order chi connectivity index (χ1) is 7.70. The van der Waals surface area contributed by atoms with Crippen molar-refractivity contribution in [2.75, 3.05) is 6.54 Å². The molecule has 2 aliphatic carbocycles. The smallest absolute Gasteiger partial charge is 0.00684 e. The van der Waals surface area contributed by atoms with Crippen LogP contribution in [0, 0.1) is 11.3 Å². The fraction of sp³-hybridized carbons (Fsp3) is 1.00. The zero-order valence-corrected chi connectivity index (χ0v) is 11.2. The maximum atomic E-state index is 3.79. The lowest BCUT2D eigenvalue weighted by Crippen LogP contribution is -2.37. The average Bonchev–Trinajstić information content (AvgIpc) is 3.09. The number of rotatable bonds is 6. The van der Waals surface area contributed by atoms with Gasteiger partial charge >= 0.3 is 0 Å². The van der Waals surface area contributed by atoms with Gasteiger partial charge in [0, 0.05) is 12.6 Å². The third kappa shape index (κ3) is 3.76. The monoisotopic (exact) mass is 223 g/mol. The lowest BCUT2D eigenvalue weighted by atomic mass is 9.70. The summed E-state index contributed by atoms with van der Waals surface area (Å²) in [6.45, 7) is 6.04. The Morgan fingerprint density at radius 1 is 1.12 bits per heavy atom. The molecule has 0 aromatic rings. The van der Waals surface area contributed by atoms with Crippen molar-refractivity contribution in [2.45, 2.75) is 77.7 Å². The predicted molar refractivity (Wildman–Crippen MR) is 70.6 cm³/mol. The first kappa shape index (κ1) is 12.4. The van der Waals surface area contributed by atoms with Crippen molar-refractivity contribution in [3.05, 3.63) is 0 Å². The van der Waals surface area contributed by atoms with Crippen LogP contribution < -0.4 is 5.32 Å². The second kappa shape index (κ2) is 5.53. The summed E-state index contributed by atoms with van der Waals surface area (Å²) in [4.78, 5) is 0. The standard InChI is InChI=1S/C15H29N/c1-13(2)8-11-15(9-4-3-5-10-15)12-16-14-6-7-14/h13-14,16H,3-12H2,1-2H3. The lowest BCUT2D eigenvalue weighted by molar-refractivity contribution is 0.155. The van der Waals surface area contributed by atoms with Gasteiger partial charge in [0.2, 0.25) is 0 Å². The molecule has 0 saturated heterocycles. The summed E-state index contributed by atoms with van der Waals surface area (Å²) in [5.41, 5.74) is 0.672. The molecule has 0 amide bonds. The van der Waals surface area contributed by atoms with Gasteiger partial charge in [-0.05, 0) is 43.4 Å². The molecule has 0 spiro atoms. The molecule has 0 atom stereocenters. The van der Waals surface area contributed by atoms with Crippen molar-refractivity contribution < 1.29 is 0 Å². The minimum atomic E-state index is 0.672. The van der Waals surface area contributed by atoms with E-state index in [1.54, 1.807) is 0 Å². The Hall–Kier alpha value is -0.0400. The number of nitrogens with one attached hydrogen (secondary N) is 1. The average molecular weight is 223 g/mol. The van der Waals surface area contributed by atoms with Gasteiger partial charge in [-0.1, -0.05) is 39.5 Å². The van der Waals surface area contributed by atoms with Gasteiger partial charge < -0.3 is 5.32 Å². The van der Waals surface area contributed by atoms with E-state index in [1.165, 1.54) is 64.3 Å². The van der Waals surface area contributed by atoms with Crippen LogP contribution in [0.25, 0.3) is 0 Å². The highest BCUT2D eigenvalue weighted by Gasteiger charge is 2.33. The van der Waals surface area contributed by atoms with Crippen LogP contribution in [0.2, 0.25) is 0 Å². The predicted octanol–water partition coefficient (Wildman–Crippen LogP) is 4.13. The van der Waals surface area contributed by atoms with Gasteiger partial charge in [-0.3, -0.25) is 0 Å². The third-order valence-electron chi connectivity index (χ3n) is 4.51. The zero-order valence-electron chi connectivity index (χ0n) is 11.2. The summed E-state index contributed by atoms with van der Waals surface area (Å²) in [5, 5.41) is 3.79. The quantitative estimate of drug-likeness (QED) is 0.714. The van der Waals surface area contributed by atoms with Gasteiger partial charge in [0.05, 0.1) is 0 Å². The van der Waals surface area contributed by atoms with Crippen LogP contribution in [0.4, 0.5) is 0 Å². The second-order valence-corrected chi connectivity index (χ2v) is 6.65. The minimum absolute atomic E-state index is 0.672. The van der Waals surface area contributed by atoms with Gasteiger partial charge in [0.25, 0.3) is 0 Å². The molecule has 0 aromatic heterocycles. The maximum Gasteiger partial charge on any atom is 0.00684 e. The molecule has 16 heavy (non-hydrogen) atoms. The van der Waals surface area contributed by atoms with E-state index in [1.807, 2.05) is 0 Å². The van der Waals surface area contributed by atoms with Crippen LogP contribution in [-0.2, 0) is 0 Å². The highest BCUT2D eigenvalue weighted by molar-refractivity contribution is 4.89. The molecule has 1 N–H and O–H groups in total. The van der Waals surface area contributed by atoms with Crippen LogP contribution >= 0.6 is 0 Å². The van der Waals surface area contributed by atoms with Crippen LogP contribution in [0.1, 0.15) is 71.6 Å². The Kier molecular flexibility index (Phi) is 4.29. The molecule has 2 fully saturated rings. The van der Waals surface area contributed by atoms with E-state index in [0.29, 0.717) is 5.41 Å². The summed E-state index contributed by atoms with van der Waals surface area (Å²) < 4.78 is 0. The van der Waals surface area contributed by atoms with E-state index in [2.05, 4.69) is 19.2 Å². The largest absolute Gasteiger partial charge is 0.313 e. The number of hydrogen-bond donors (Lipinski definition) is 1. The molecule has 2 rings (SSSR count). The SMILES string of the molecule is CC(C)CCC1(CNC2CC2)CCCCC1. The summed E-state index contributed by atoms with van der Waals surface area (Å²) in [5.74, 6) is 0.875. The Morgan fingerprint density at radius 2 is 1.81 bits per heavy atom. The Balaban J connectivity index is 1.82. The molecule has 1 heteroatoms. The molecular formula is C15H29N. The van der Waals surface area contributed by atoms with Gasteiger partial charge in [-0.2, -0.15) is 0 Å². The van der Waals surface area contributed by atoms with Crippen LogP contribution in [0.15, 0.2) is 0 Å². The van der Waals surface area contributed by atoms with E-state index < -0.39 is 0 Å². The van der Waals surface area contributed by atoms with Gasteiger partial charge in [0.1, 0.15) is 0 Å². The highest BCUT2D eigenvalue weighted by Crippen LogP contribution is 2.41. The van der Waals surface area contributed by atoms with E-state index in [0.717, 1.165) is 12.0 Å². The molecule has 1 nitrogen and oxygen atoms in total. The third-order valence-corrected chi connectivity index (χ3v) is 4.51. The Bertz CT molecular complexity index is 191. The molecule has 2 saturated carbocycles. The molecule has 0 bridgehead atoms. The van der Waals surface area contributed by atoms with Gasteiger partial charge in [0.15, 0.2) is 0 Å². The molecular weight excluding hydrogens is 194 g/mol. The molecule has 0 radical (unpaired) electrons. The van der Waals surface area contributed by atoms with Crippen molar-refractivity contribution in [3.63, 3.8) is 0 Å². The number of hydrogen-bond acceptors (Lipinski definition) is 1. The fourth-order valence-corrected chi connectivity index (χ4v) is 3.06. The van der Waals surface area contributed by atoms with E-state index in [9.17, 15) is 0 Å². The van der Waals surface area contributed by atoms with Crippen LogP contribution in [0.3, 0.4) is 0 Å². The minimum Gasteiger partial charge on any atom is -0.313 e. The summed E-state index contributed by atoms with van der Waals surface area (Å²) >= 11 is 0. The molecule has 2 aliphatic rings. The molecule has 94 valence electrons. The molecule has 0 aliphatic heterocycles. The van der Waals surface area contributed by atoms with Crippen molar-refractivity contribution >= 4 is 0 Å². The second-order valence-electron chi connectivity index (χ2n) is 6.65. The molecule has 0 unspecified atom stereocenters.